The van der Waals surface area contributed by atoms with E-state index < -0.39 is 0 Å². The topological polar surface area (TPSA) is 33.1 Å². The van der Waals surface area contributed by atoms with Gasteiger partial charge in [0.1, 0.15) is 0 Å². The molecule has 10 heavy (non-hydrogen) atoms. The SMILES string of the molecule is Cc1ncc(C[C@H](C)O)s1. The lowest BCUT2D eigenvalue weighted by molar-refractivity contribution is 0.196. The van der Waals surface area contributed by atoms with Gasteiger partial charge >= 0.3 is 0 Å². The fourth-order valence-electron chi connectivity index (χ4n) is 0.791. The molecule has 1 N–H and O–H groups in total. The summed E-state index contributed by atoms with van der Waals surface area (Å²) in [5, 5.41) is 10.1. The summed E-state index contributed by atoms with van der Waals surface area (Å²) in [4.78, 5) is 5.24. The first-order valence-corrected chi connectivity index (χ1v) is 4.09. The highest BCUT2D eigenvalue weighted by molar-refractivity contribution is 7.11. The van der Waals surface area contributed by atoms with Crippen LogP contribution in [-0.2, 0) is 6.42 Å². The fourth-order valence-corrected chi connectivity index (χ4v) is 1.71. The zero-order valence-corrected chi connectivity index (χ0v) is 6.98. The van der Waals surface area contributed by atoms with E-state index in [4.69, 9.17) is 5.11 Å². The molecule has 1 rings (SSSR count). The van der Waals surface area contributed by atoms with Gasteiger partial charge in [-0.1, -0.05) is 0 Å². The van der Waals surface area contributed by atoms with Gasteiger partial charge in [0.05, 0.1) is 11.1 Å². The molecule has 56 valence electrons. The van der Waals surface area contributed by atoms with Crippen LogP contribution in [0.25, 0.3) is 0 Å². The van der Waals surface area contributed by atoms with Crippen LogP contribution >= 0.6 is 11.3 Å². The van der Waals surface area contributed by atoms with Crippen LogP contribution in [-0.4, -0.2) is 16.2 Å². The molecular weight excluding hydrogens is 146 g/mol. The normalized spacial score (nSPS) is 13.5. The Morgan fingerprint density at radius 1 is 1.80 bits per heavy atom. The smallest absolute Gasteiger partial charge is 0.0896 e. The zero-order chi connectivity index (χ0) is 7.56. The summed E-state index contributed by atoms with van der Waals surface area (Å²) in [6.07, 6.45) is 2.30. The fraction of sp³-hybridized carbons (Fsp3) is 0.571. The number of nitrogens with zero attached hydrogens (tertiary/aromatic N) is 1. The van der Waals surface area contributed by atoms with Gasteiger partial charge in [-0.05, 0) is 13.8 Å². The third-order valence-electron chi connectivity index (χ3n) is 1.17. The summed E-state index contributed by atoms with van der Waals surface area (Å²) in [6.45, 7) is 3.76. The summed E-state index contributed by atoms with van der Waals surface area (Å²) in [7, 11) is 0. The zero-order valence-electron chi connectivity index (χ0n) is 6.16. The summed E-state index contributed by atoms with van der Waals surface area (Å²) >= 11 is 1.64. The second-order valence-electron chi connectivity index (χ2n) is 2.40. The molecule has 0 aliphatic rings. The average Bonchev–Trinajstić information content (AvgIpc) is 2.13. The molecule has 1 aromatic heterocycles. The monoisotopic (exact) mass is 157 g/mol. The number of aliphatic hydroxyl groups excluding tert-OH is 1. The molecule has 1 aromatic rings. The Labute approximate surface area is 64.5 Å². The van der Waals surface area contributed by atoms with Gasteiger partial charge in [-0.3, -0.25) is 0 Å². The van der Waals surface area contributed by atoms with Gasteiger partial charge in [-0.25, -0.2) is 4.98 Å². The third kappa shape index (κ3) is 2.08. The predicted molar refractivity (Wildman–Crippen MR) is 42.2 cm³/mol. The highest BCUT2D eigenvalue weighted by Crippen LogP contribution is 2.12. The minimum atomic E-state index is -0.250. The minimum absolute atomic E-state index is 0.250. The largest absolute Gasteiger partial charge is 0.393 e. The van der Waals surface area contributed by atoms with E-state index in [0.29, 0.717) is 0 Å². The Hall–Kier alpha value is -0.410. The van der Waals surface area contributed by atoms with Gasteiger partial charge in [0.2, 0.25) is 0 Å². The van der Waals surface area contributed by atoms with Crippen molar-refractivity contribution in [3.63, 3.8) is 0 Å². The first-order valence-electron chi connectivity index (χ1n) is 3.28. The van der Waals surface area contributed by atoms with Gasteiger partial charge in [0.15, 0.2) is 0 Å². The van der Waals surface area contributed by atoms with Crippen molar-refractivity contribution in [1.29, 1.82) is 0 Å². The third-order valence-corrected chi connectivity index (χ3v) is 2.10. The van der Waals surface area contributed by atoms with Crippen LogP contribution in [0.2, 0.25) is 0 Å². The molecule has 3 heteroatoms. The molecule has 1 heterocycles. The first kappa shape index (κ1) is 7.69. The number of aliphatic hydroxyl groups is 1. The van der Waals surface area contributed by atoms with E-state index in [9.17, 15) is 0 Å². The number of aryl methyl sites for hydroxylation is 1. The molecule has 0 spiro atoms. The van der Waals surface area contributed by atoms with Crippen molar-refractivity contribution in [2.24, 2.45) is 0 Å². The van der Waals surface area contributed by atoms with Crippen molar-refractivity contribution in [1.82, 2.24) is 4.98 Å². The van der Waals surface area contributed by atoms with Gasteiger partial charge in [-0.2, -0.15) is 0 Å². The second-order valence-corrected chi connectivity index (χ2v) is 3.72. The summed E-state index contributed by atoms with van der Waals surface area (Å²) < 4.78 is 0. The molecule has 1 atom stereocenters. The van der Waals surface area contributed by atoms with E-state index in [2.05, 4.69) is 4.98 Å². The van der Waals surface area contributed by atoms with Crippen LogP contribution in [0, 0.1) is 6.92 Å². The predicted octanol–water partition coefficient (Wildman–Crippen LogP) is 1.37. The molecular formula is C7H11NOS. The Morgan fingerprint density at radius 3 is 2.90 bits per heavy atom. The maximum Gasteiger partial charge on any atom is 0.0896 e. The van der Waals surface area contributed by atoms with Crippen LogP contribution in [0.4, 0.5) is 0 Å². The van der Waals surface area contributed by atoms with E-state index >= 15 is 0 Å². The van der Waals surface area contributed by atoms with Gasteiger partial charge in [0, 0.05) is 17.5 Å². The number of hydrogen-bond acceptors (Lipinski definition) is 3. The maximum atomic E-state index is 8.99. The van der Waals surface area contributed by atoms with E-state index in [1.807, 2.05) is 13.1 Å². The van der Waals surface area contributed by atoms with Crippen molar-refractivity contribution < 1.29 is 5.11 Å². The summed E-state index contributed by atoms with van der Waals surface area (Å²) in [5.41, 5.74) is 0. The number of thiazole rings is 1. The second kappa shape index (κ2) is 3.12. The Morgan fingerprint density at radius 2 is 2.50 bits per heavy atom. The summed E-state index contributed by atoms with van der Waals surface area (Å²) in [6, 6.07) is 0. The average molecular weight is 157 g/mol. The molecule has 2 nitrogen and oxygen atoms in total. The Bertz CT molecular complexity index is 207. The quantitative estimate of drug-likeness (QED) is 0.703. The van der Waals surface area contributed by atoms with Gasteiger partial charge in [-0.15, -0.1) is 11.3 Å². The molecule has 0 amide bonds. The highest BCUT2D eigenvalue weighted by Gasteiger charge is 2.01. The van der Waals surface area contributed by atoms with Gasteiger partial charge in [0.25, 0.3) is 0 Å². The molecule has 0 saturated carbocycles. The van der Waals surface area contributed by atoms with E-state index in [1.165, 1.54) is 0 Å². The van der Waals surface area contributed by atoms with Gasteiger partial charge < -0.3 is 5.11 Å². The van der Waals surface area contributed by atoms with E-state index in [0.717, 1.165) is 16.3 Å². The standard InChI is InChI=1S/C7H11NOS/c1-5(9)3-7-4-8-6(2)10-7/h4-5,9H,3H2,1-2H3/t5-/m0/s1. The molecule has 0 aliphatic heterocycles. The van der Waals surface area contributed by atoms with Crippen molar-refractivity contribution in [3.05, 3.63) is 16.1 Å². The van der Waals surface area contributed by atoms with Crippen LogP contribution in [0.3, 0.4) is 0 Å². The number of rotatable bonds is 2. The molecule has 0 bridgehead atoms. The lowest BCUT2D eigenvalue weighted by atomic mass is 10.3. The van der Waals surface area contributed by atoms with Crippen LogP contribution in [0.5, 0.6) is 0 Å². The van der Waals surface area contributed by atoms with Crippen molar-refractivity contribution >= 4 is 11.3 Å². The molecule has 0 aliphatic carbocycles. The van der Waals surface area contributed by atoms with Crippen molar-refractivity contribution in [2.75, 3.05) is 0 Å². The van der Waals surface area contributed by atoms with Crippen LogP contribution in [0.1, 0.15) is 16.8 Å². The Kier molecular flexibility index (Phi) is 2.40. The lowest BCUT2D eigenvalue weighted by Crippen LogP contribution is -2.01. The van der Waals surface area contributed by atoms with Crippen LogP contribution in [0.15, 0.2) is 6.20 Å². The molecule has 0 saturated heterocycles. The van der Waals surface area contributed by atoms with Crippen LogP contribution < -0.4 is 0 Å². The maximum absolute atomic E-state index is 8.99. The molecule has 0 fully saturated rings. The van der Waals surface area contributed by atoms with E-state index in [1.54, 1.807) is 18.3 Å². The highest BCUT2D eigenvalue weighted by atomic mass is 32.1. The lowest BCUT2D eigenvalue weighted by Gasteiger charge is -1.97. The number of hydrogen-bond donors (Lipinski definition) is 1. The minimum Gasteiger partial charge on any atom is -0.393 e. The molecule has 0 aromatic carbocycles. The molecule has 0 radical (unpaired) electrons. The molecule has 0 unspecified atom stereocenters. The van der Waals surface area contributed by atoms with E-state index in [-0.39, 0.29) is 6.10 Å². The van der Waals surface area contributed by atoms with Crippen molar-refractivity contribution in [3.8, 4) is 0 Å². The van der Waals surface area contributed by atoms with Crippen molar-refractivity contribution in [2.45, 2.75) is 26.4 Å². The Balaban J connectivity index is 2.58. The number of aromatic nitrogens is 1. The summed E-state index contributed by atoms with van der Waals surface area (Å²) in [5.74, 6) is 0. The first-order chi connectivity index (χ1) is 4.68.